The molecule has 0 aliphatic rings. The van der Waals surface area contributed by atoms with Crippen molar-refractivity contribution in [1.29, 1.82) is 0 Å². The standard InChI is InChI=1S/C21H38N6O9S/c1-4-10(2)16(27-17(31)11(22)8-28)20(34)24-12(5-6-37-3)18(32)25-13(7-15(23)30)19(33)26-14(9-29)21(35)36/h10-14,16,28-29H,4-9,22H2,1-3H3,(H2,23,30)(H,24,34)(H,25,32)(H,26,33)(H,27,31)(H,35,36)/t10-,11-,12-,13-,14-,16-/m0/s1. The van der Waals surface area contributed by atoms with Gasteiger partial charge in [0.15, 0.2) is 0 Å². The van der Waals surface area contributed by atoms with Crippen molar-refractivity contribution < 1.29 is 44.1 Å². The summed E-state index contributed by atoms with van der Waals surface area (Å²) in [6, 6.07) is -6.82. The van der Waals surface area contributed by atoms with E-state index in [1.165, 1.54) is 11.8 Å². The molecule has 0 saturated carbocycles. The van der Waals surface area contributed by atoms with Gasteiger partial charge in [-0.3, -0.25) is 24.0 Å². The van der Waals surface area contributed by atoms with Crippen molar-refractivity contribution in [2.75, 3.05) is 25.2 Å². The van der Waals surface area contributed by atoms with Crippen LogP contribution in [0.3, 0.4) is 0 Å². The third-order valence-electron chi connectivity index (χ3n) is 5.41. The van der Waals surface area contributed by atoms with E-state index in [1.807, 2.05) is 5.32 Å². The first-order valence-electron chi connectivity index (χ1n) is 11.5. The monoisotopic (exact) mass is 550 g/mol. The van der Waals surface area contributed by atoms with Crippen LogP contribution in [0.5, 0.6) is 0 Å². The SMILES string of the molecule is CC[C@H](C)[C@H](NC(=O)[C@@H](N)CO)C(=O)N[C@@H](CCSC)C(=O)N[C@@H](CC(N)=O)C(=O)N[C@@H](CO)C(=O)O. The van der Waals surface area contributed by atoms with Gasteiger partial charge in [-0.25, -0.2) is 4.79 Å². The Morgan fingerprint density at radius 3 is 1.84 bits per heavy atom. The summed E-state index contributed by atoms with van der Waals surface area (Å²) in [5.74, 6) is -5.89. The van der Waals surface area contributed by atoms with Crippen LogP contribution in [0.15, 0.2) is 0 Å². The van der Waals surface area contributed by atoms with E-state index in [0.29, 0.717) is 12.2 Å². The van der Waals surface area contributed by atoms with E-state index >= 15 is 0 Å². The number of carboxylic acid groups (broad SMARTS) is 1. The molecular weight excluding hydrogens is 512 g/mol. The minimum Gasteiger partial charge on any atom is -0.480 e. The second kappa shape index (κ2) is 17.5. The molecule has 0 rings (SSSR count). The Bertz CT molecular complexity index is 815. The summed E-state index contributed by atoms with van der Waals surface area (Å²) in [6.45, 7) is 1.90. The minimum absolute atomic E-state index is 0.107. The van der Waals surface area contributed by atoms with Crippen LogP contribution in [-0.4, -0.2) is 106 Å². The summed E-state index contributed by atoms with van der Waals surface area (Å²) in [4.78, 5) is 73.4. The number of primary amides is 1. The molecule has 37 heavy (non-hydrogen) atoms. The highest BCUT2D eigenvalue weighted by Crippen LogP contribution is 2.10. The lowest BCUT2D eigenvalue weighted by Crippen LogP contribution is -2.60. The maximum absolute atomic E-state index is 13.1. The minimum atomic E-state index is -1.68. The van der Waals surface area contributed by atoms with E-state index in [9.17, 15) is 28.8 Å². The van der Waals surface area contributed by atoms with Crippen LogP contribution in [-0.2, 0) is 28.8 Å². The molecule has 0 spiro atoms. The Balaban J connectivity index is 5.77. The third kappa shape index (κ3) is 12.2. The molecule has 212 valence electrons. The Hall–Kier alpha value is -2.95. The first-order valence-corrected chi connectivity index (χ1v) is 12.9. The van der Waals surface area contributed by atoms with E-state index in [-0.39, 0.29) is 12.3 Å². The van der Waals surface area contributed by atoms with Gasteiger partial charge in [0.05, 0.1) is 19.6 Å². The number of carbonyl (C=O) groups excluding carboxylic acids is 5. The molecule has 11 N–H and O–H groups in total. The molecule has 6 atom stereocenters. The highest BCUT2D eigenvalue weighted by molar-refractivity contribution is 7.98. The van der Waals surface area contributed by atoms with Crippen LogP contribution in [0.25, 0.3) is 0 Å². The van der Waals surface area contributed by atoms with Gasteiger partial charge in [0.25, 0.3) is 0 Å². The zero-order valence-corrected chi connectivity index (χ0v) is 21.9. The second-order valence-corrected chi connectivity index (χ2v) is 9.30. The van der Waals surface area contributed by atoms with E-state index in [1.54, 1.807) is 20.1 Å². The smallest absolute Gasteiger partial charge is 0.328 e. The highest BCUT2D eigenvalue weighted by Gasteiger charge is 2.33. The van der Waals surface area contributed by atoms with Crippen molar-refractivity contribution in [2.45, 2.75) is 63.3 Å². The first kappa shape index (κ1) is 34.0. The number of aliphatic hydroxyl groups is 2. The van der Waals surface area contributed by atoms with Crippen LogP contribution < -0.4 is 32.7 Å². The maximum Gasteiger partial charge on any atom is 0.328 e. The number of nitrogens with one attached hydrogen (secondary N) is 4. The zero-order chi connectivity index (χ0) is 28.7. The van der Waals surface area contributed by atoms with Crippen molar-refractivity contribution in [3.63, 3.8) is 0 Å². The molecule has 0 heterocycles. The van der Waals surface area contributed by atoms with E-state index < -0.39 is 85.3 Å². The number of hydrogen-bond acceptors (Lipinski definition) is 10. The summed E-state index contributed by atoms with van der Waals surface area (Å²) >= 11 is 1.37. The normalized spacial score (nSPS) is 15.7. The van der Waals surface area contributed by atoms with Gasteiger partial charge >= 0.3 is 5.97 Å². The van der Waals surface area contributed by atoms with Gasteiger partial charge < -0.3 is 48.1 Å². The van der Waals surface area contributed by atoms with E-state index in [0.717, 1.165) is 0 Å². The Morgan fingerprint density at radius 1 is 0.838 bits per heavy atom. The molecule has 16 heteroatoms. The Labute approximate surface area is 218 Å². The van der Waals surface area contributed by atoms with Crippen molar-refractivity contribution in [2.24, 2.45) is 17.4 Å². The Kier molecular flexibility index (Phi) is 16.1. The lowest BCUT2D eigenvalue weighted by Gasteiger charge is -2.28. The van der Waals surface area contributed by atoms with Crippen molar-refractivity contribution in [3.05, 3.63) is 0 Å². The molecule has 0 aliphatic carbocycles. The van der Waals surface area contributed by atoms with E-state index in [2.05, 4.69) is 16.0 Å². The summed E-state index contributed by atoms with van der Waals surface area (Å²) in [5.41, 5.74) is 10.7. The van der Waals surface area contributed by atoms with Crippen molar-refractivity contribution in [3.8, 4) is 0 Å². The molecular formula is C21H38N6O9S. The molecule has 0 fully saturated rings. The number of rotatable bonds is 18. The predicted octanol–water partition coefficient (Wildman–Crippen LogP) is -4.00. The van der Waals surface area contributed by atoms with Crippen LogP contribution in [0, 0.1) is 5.92 Å². The summed E-state index contributed by atoms with van der Waals surface area (Å²) < 4.78 is 0. The fourth-order valence-corrected chi connectivity index (χ4v) is 3.42. The van der Waals surface area contributed by atoms with Crippen LogP contribution in [0.1, 0.15) is 33.1 Å². The molecule has 0 aromatic heterocycles. The molecule has 0 bridgehead atoms. The summed E-state index contributed by atoms with van der Waals surface area (Å²) in [7, 11) is 0. The number of thioether (sulfide) groups is 1. The molecule has 0 unspecified atom stereocenters. The predicted molar refractivity (Wildman–Crippen MR) is 134 cm³/mol. The fourth-order valence-electron chi connectivity index (χ4n) is 2.95. The zero-order valence-electron chi connectivity index (χ0n) is 21.1. The van der Waals surface area contributed by atoms with Crippen molar-refractivity contribution in [1.82, 2.24) is 21.3 Å². The van der Waals surface area contributed by atoms with Crippen molar-refractivity contribution >= 4 is 47.3 Å². The number of aliphatic carboxylic acids is 1. The topological polar surface area (TPSA) is 263 Å². The van der Waals surface area contributed by atoms with Crippen LogP contribution >= 0.6 is 11.8 Å². The van der Waals surface area contributed by atoms with Gasteiger partial charge in [0, 0.05) is 0 Å². The van der Waals surface area contributed by atoms with Gasteiger partial charge in [-0.2, -0.15) is 11.8 Å². The number of carboxylic acids is 1. The number of carbonyl (C=O) groups is 6. The Morgan fingerprint density at radius 2 is 1.38 bits per heavy atom. The second-order valence-electron chi connectivity index (χ2n) is 8.32. The molecule has 0 radical (unpaired) electrons. The van der Waals surface area contributed by atoms with Gasteiger partial charge in [-0.05, 0) is 24.3 Å². The fraction of sp³-hybridized carbons (Fsp3) is 0.714. The average molecular weight is 551 g/mol. The highest BCUT2D eigenvalue weighted by atomic mass is 32.2. The molecule has 0 aromatic carbocycles. The summed E-state index contributed by atoms with van der Waals surface area (Å²) in [6.07, 6.45) is 1.67. The lowest BCUT2D eigenvalue weighted by molar-refractivity contribution is -0.143. The first-order chi connectivity index (χ1) is 17.3. The molecule has 0 aromatic rings. The third-order valence-corrected chi connectivity index (χ3v) is 6.05. The number of aliphatic hydroxyl groups excluding tert-OH is 2. The molecule has 15 nitrogen and oxygen atoms in total. The largest absolute Gasteiger partial charge is 0.480 e. The van der Waals surface area contributed by atoms with Gasteiger partial charge in [-0.1, -0.05) is 20.3 Å². The molecule has 5 amide bonds. The lowest BCUT2D eigenvalue weighted by atomic mass is 9.97. The summed E-state index contributed by atoms with van der Waals surface area (Å²) in [5, 5.41) is 36.5. The van der Waals surface area contributed by atoms with Crippen LogP contribution in [0.4, 0.5) is 0 Å². The number of amides is 5. The molecule has 0 saturated heterocycles. The number of nitrogens with two attached hydrogens (primary N) is 2. The van der Waals surface area contributed by atoms with E-state index in [4.69, 9.17) is 26.8 Å². The maximum atomic E-state index is 13.1. The quantitative estimate of drug-likeness (QED) is 0.0793. The van der Waals surface area contributed by atoms with Gasteiger partial charge in [-0.15, -0.1) is 0 Å². The van der Waals surface area contributed by atoms with Gasteiger partial charge in [0.2, 0.25) is 29.5 Å². The van der Waals surface area contributed by atoms with Crippen LogP contribution in [0.2, 0.25) is 0 Å². The number of hydrogen-bond donors (Lipinski definition) is 9. The van der Waals surface area contributed by atoms with Gasteiger partial charge in [0.1, 0.15) is 30.2 Å². The average Bonchev–Trinajstić information content (AvgIpc) is 2.85. The molecule has 0 aliphatic heterocycles.